The number of carbonyl (C=O) groups is 1. The lowest BCUT2D eigenvalue weighted by Gasteiger charge is -2.27. The van der Waals surface area contributed by atoms with Crippen molar-refractivity contribution in [2.45, 2.75) is 0 Å². The molecule has 1 amide bonds. The largest absolute Gasteiger partial charge is 0.484 e. The Hall–Kier alpha value is -1.26. The molecule has 0 aromatic heterocycles. The molecule has 1 fully saturated rings. The van der Waals surface area contributed by atoms with Crippen LogP contribution in [0.5, 0.6) is 5.75 Å². The molecular weight excluding hydrogens is 240 g/mol. The third-order valence-electron chi connectivity index (χ3n) is 2.63. The molecule has 0 atom stereocenters. The number of hydrogen-bond acceptors (Lipinski definition) is 3. The summed E-state index contributed by atoms with van der Waals surface area (Å²) in [5.74, 6) is 0.646. The third kappa shape index (κ3) is 3.61. The normalized spacial score (nSPS) is 15.7. The van der Waals surface area contributed by atoms with Crippen LogP contribution < -0.4 is 10.1 Å². The van der Waals surface area contributed by atoms with Gasteiger partial charge in [0.1, 0.15) is 5.75 Å². The van der Waals surface area contributed by atoms with Crippen molar-refractivity contribution in [3.05, 3.63) is 29.3 Å². The maximum absolute atomic E-state index is 11.8. The first kappa shape index (κ1) is 12.2. The van der Waals surface area contributed by atoms with E-state index in [1.165, 1.54) is 0 Å². The van der Waals surface area contributed by atoms with Gasteiger partial charge in [-0.25, -0.2) is 0 Å². The lowest BCUT2D eigenvalue weighted by atomic mass is 10.3. The van der Waals surface area contributed by atoms with Crippen LogP contribution in [0.3, 0.4) is 0 Å². The van der Waals surface area contributed by atoms with Gasteiger partial charge in [0.2, 0.25) is 0 Å². The van der Waals surface area contributed by atoms with E-state index in [0.717, 1.165) is 26.2 Å². The van der Waals surface area contributed by atoms with Gasteiger partial charge in [0.25, 0.3) is 5.91 Å². The van der Waals surface area contributed by atoms with Crippen LogP contribution in [0.1, 0.15) is 0 Å². The number of nitrogens with one attached hydrogen (secondary N) is 1. The van der Waals surface area contributed by atoms with Crippen molar-refractivity contribution >= 4 is 17.5 Å². The smallest absolute Gasteiger partial charge is 0.260 e. The quantitative estimate of drug-likeness (QED) is 0.880. The summed E-state index contributed by atoms with van der Waals surface area (Å²) >= 11 is 5.83. The van der Waals surface area contributed by atoms with E-state index in [9.17, 15) is 4.79 Å². The zero-order chi connectivity index (χ0) is 12.1. The fourth-order valence-electron chi connectivity index (χ4n) is 1.71. The van der Waals surface area contributed by atoms with Crippen LogP contribution in [0, 0.1) is 0 Å². The molecule has 2 rings (SSSR count). The number of carbonyl (C=O) groups excluding carboxylic acids is 1. The van der Waals surface area contributed by atoms with Crippen molar-refractivity contribution in [2.24, 2.45) is 0 Å². The number of halogens is 1. The summed E-state index contributed by atoms with van der Waals surface area (Å²) in [6.07, 6.45) is 0. The summed E-state index contributed by atoms with van der Waals surface area (Å²) in [5, 5.41) is 3.81. The number of benzene rings is 1. The molecule has 1 aliphatic rings. The molecular formula is C12H15ClN2O2. The monoisotopic (exact) mass is 254 g/mol. The van der Waals surface area contributed by atoms with E-state index in [1.807, 2.05) is 0 Å². The summed E-state index contributed by atoms with van der Waals surface area (Å²) in [6, 6.07) is 7.06. The Bertz CT molecular complexity index is 392. The molecule has 1 N–H and O–H groups in total. The minimum absolute atomic E-state index is 0.0199. The van der Waals surface area contributed by atoms with E-state index in [2.05, 4.69) is 5.32 Å². The Balaban J connectivity index is 1.83. The molecule has 1 aromatic rings. The molecule has 1 aliphatic heterocycles. The van der Waals surface area contributed by atoms with E-state index >= 15 is 0 Å². The Kier molecular flexibility index (Phi) is 4.23. The van der Waals surface area contributed by atoms with E-state index in [0.29, 0.717) is 10.8 Å². The maximum atomic E-state index is 11.8. The molecule has 1 saturated heterocycles. The molecule has 0 bridgehead atoms. The van der Waals surface area contributed by atoms with Crippen molar-refractivity contribution < 1.29 is 9.53 Å². The van der Waals surface area contributed by atoms with Gasteiger partial charge in [-0.15, -0.1) is 0 Å². The number of piperazine rings is 1. The third-order valence-corrected chi connectivity index (χ3v) is 2.86. The Labute approximate surface area is 106 Å². The lowest BCUT2D eigenvalue weighted by Crippen LogP contribution is -2.47. The van der Waals surface area contributed by atoms with Gasteiger partial charge in [0.15, 0.2) is 6.61 Å². The average molecular weight is 255 g/mol. The Morgan fingerprint density at radius 3 is 2.88 bits per heavy atom. The SMILES string of the molecule is O=C(COc1cccc(Cl)c1)N1CCNCC1. The molecule has 4 nitrogen and oxygen atoms in total. The van der Waals surface area contributed by atoms with Crippen LogP contribution in [0.15, 0.2) is 24.3 Å². The van der Waals surface area contributed by atoms with Crippen molar-refractivity contribution in [1.82, 2.24) is 10.2 Å². The predicted molar refractivity (Wildman–Crippen MR) is 66.4 cm³/mol. The number of rotatable bonds is 3. The van der Waals surface area contributed by atoms with Gasteiger partial charge in [0.05, 0.1) is 0 Å². The van der Waals surface area contributed by atoms with Crippen LogP contribution in [0.25, 0.3) is 0 Å². The highest BCUT2D eigenvalue weighted by Gasteiger charge is 2.16. The number of hydrogen-bond donors (Lipinski definition) is 1. The van der Waals surface area contributed by atoms with Gasteiger partial charge in [-0.2, -0.15) is 0 Å². The first-order valence-electron chi connectivity index (χ1n) is 5.62. The lowest BCUT2D eigenvalue weighted by molar-refractivity contribution is -0.133. The predicted octanol–water partition coefficient (Wildman–Crippen LogP) is 1.15. The number of ether oxygens (including phenoxy) is 1. The summed E-state index contributed by atoms with van der Waals surface area (Å²) in [5.41, 5.74) is 0. The highest BCUT2D eigenvalue weighted by molar-refractivity contribution is 6.30. The zero-order valence-electron chi connectivity index (χ0n) is 9.49. The fourth-order valence-corrected chi connectivity index (χ4v) is 1.89. The van der Waals surface area contributed by atoms with Crippen LogP contribution in [0.2, 0.25) is 5.02 Å². The van der Waals surface area contributed by atoms with E-state index in [4.69, 9.17) is 16.3 Å². The molecule has 0 saturated carbocycles. The van der Waals surface area contributed by atoms with Crippen LogP contribution in [-0.2, 0) is 4.79 Å². The Morgan fingerprint density at radius 1 is 1.41 bits per heavy atom. The van der Waals surface area contributed by atoms with Crippen molar-refractivity contribution in [3.8, 4) is 5.75 Å². The first-order valence-corrected chi connectivity index (χ1v) is 6.00. The van der Waals surface area contributed by atoms with Crippen molar-refractivity contribution in [2.75, 3.05) is 32.8 Å². The topological polar surface area (TPSA) is 41.6 Å². The second kappa shape index (κ2) is 5.89. The number of nitrogens with zero attached hydrogens (tertiary/aromatic N) is 1. The molecule has 1 heterocycles. The highest BCUT2D eigenvalue weighted by atomic mass is 35.5. The molecule has 0 radical (unpaired) electrons. The minimum atomic E-state index is 0.0199. The molecule has 0 unspecified atom stereocenters. The van der Waals surface area contributed by atoms with Crippen LogP contribution >= 0.6 is 11.6 Å². The van der Waals surface area contributed by atoms with Crippen LogP contribution in [0.4, 0.5) is 0 Å². The maximum Gasteiger partial charge on any atom is 0.260 e. The summed E-state index contributed by atoms with van der Waals surface area (Å²) in [4.78, 5) is 13.6. The van der Waals surface area contributed by atoms with E-state index in [-0.39, 0.29) is 12.5 Å². The summed E-state index contributed by atoms with van der Waals surface area (Å²) < 4.78 is 5.41. The fraction of sp³-hybridized carbons (Fsp3) is 0.417. The molecule has 0 aliphatic carbocycles. The Morgan fingerprint density at radius 2 is 2.18 bits per heavy atom. The van der Waals surface area contributed by atoms with Gasteiger partial charge in [0, 0.05) is 31.2 Å². The molecule has 5 heteroatoms. The molecule has 17 heavy (non-hydrogen) atoms. The van der Waals surface area contributed by atoms with Gasteiger partial charge in [-0.3, -0.25) is 4.79 Å². The standard InChI is InChI=1S/C12H15ClN2O2/c13-10-2-1-3-11(8-10)17-9-12(16)15-6-4-14-5-7-15/h1-3,8,14H,4-7,9H2. The van der Waals surface area contributed by atoms with Gasteiger partial charge in [-0.1, -0.05) is 17.7 Å². The molecule has 92 valence electrons. The average Bonchev–Trinajstić information content (AvgIpc) is 2.37. The van der Waals surface area contributed by atoms with Gasteiger partial charge in [-0.05, 0) is 18.2 Å². The summed E-state index contributed by atoms with van der Waals surface area (Å²) in [7, 11) is 0. The zero-order valence-corrected chi connectivity index (χ0v) is 10.2. The number of amides is 1. The highest BCUT2D eigenvalue weighted by Crippen LogP contribution is 2.17. The van der Waals surface area contributed by atoms with Crippen LogP contribution in [-0.4, -0.2) is 43.6 Å². The van der Waals surface area contributed by atoms with Gasteiger partial charge >= 0.3 is 0 Å². The first-order chi connectivity index (χ1) is 8.25. The molecule has 0 spiro atoms. The van der Waals surface area contributed by atoms with Crippen molar-refractivity contribution in [1.29, 1.82) is 0 Å². The minimum Gasteiger partial charge on any atom is -0.484 e. The summed E-state index contributed by atoms with van der Waals surface area (Å²) in [6.45, 7) is 3.27. The van der Waals surface area contributed by atoms with E-state index < -0.39 is 0 Å². The van der Waals surface area contributed by atoms with E-state index in [1.54, 1.807) is 29.2 Å². The second-order valence-electron chi connectivity index (χ2n) is 3.88. The second-order valence-corrected chi connectivity index (χ2v) is 4.31. The van der Waals surface area contributed by atoms with Gasteiger partial charge < -0.3 is 15.0 Å². The molecule has 1 aromatic carbocycles. The van der Waals surface area contributed by atoms with Crippen molar-refractivity contribution in [3.63, 3.8) is 0 Å².